The Morgan fingerprint density at radius 2 is 2.00 bits per heavy atom. The SMILES string of the molecule is CCNC(=NCc1nc(-c2ccccc2)cs1)NCCc1ncc(C)s1. The van der Waals surface area contributed by atoms with E-state index >= 15 is 0 Å². The van der Waals surface area contributed by atoms with Gasteiger partial charge in [0.1, 0.15) is 5.01 Å². The zero-order valence-electron chi connectivity index (χ0n) is 15.0. The van der Waals surface area contributed by atoms with Crippen molar-refractivity contribution in [1.29, 1.82) is 0 Å². The molecule has 0 aliphatic carbocycles. The van der Waals surface area contributed by atoms with Gasteiger partial charge in [0.2, 0.25) is 0 Å². The quantitative estimate of drug-likeness (QED) is 0.479. The number of benzene rings is 1. The van der Waals surface area contributed by atoms with Gasteiger partial charge in [-0.3, -0.25) is 0 Å². The molecular formula is C19H23N5S2. The molecule has 0 amide bonds. The highest BCUT2D eigenvalue weighted by Gasteiger charge is 2.05. The standard InChI is InChI=1S/C19H23N5S2/c1-3-20-19(21-10-9-17-22-11-14(2)26-17)23-12-18-24-16(13-25-18)15-7-5-4-6-8-15/h4-8,11,13H,3,9-10,12H2,1-2H3,(H2,20,21,23). The predicted octanol–water partition coefficient (Wildman–Crippen LogP) is 3.87. The van der Waals surface area contributed by atoms with Crippen LogP contribution in [-0.4, -0.2) is 29.0 Å². The fraction of sp³-hybridized carbons (Fsp3) is 0.316. The summed E-state index contributed by atoms with van der Waals surface area (Å²) in [4.78, 5) is 15.0. The summed E-state index contributed by atoms with van der Waals surface area (Å²) in [5.41, 5.74) is 2.15. The highest BCUT2D eigenvalue weighted by atomic mass is 32.1. The number of nitrogens with one attached hydrogen (secondary N) is 2. The molecule has 7 heteroatoms. The average molecular weight is 386 g/mol. The van der Waals surface area contributed by atoms with Crippen molar-refractivity contribution in [2.75, 3.05) is 13.1 Å². The minimum atomic E-state index is 0.573. The minimum Gasteiger partial charge on any atom is -0.357 e. The molecule has 136 valence electrons. The fourth-order valence-corrected chi connectivity index (χ4v) is 3.93. The smallest absolute Gasteiger partial charge is 0.191 e. The topological polar surface area (TPSA) is 62.2 Å². The van der Waals surface area contributed by atoms with E-state index in [-0.39, 0.29) is 0 Å². The number of nitrogens with zero attached hydrogens (tertiary/aromatic N) is 3. The third-order valence-corrected chi connectivity index (χ3v) is 5.44. The number of guanidine groups is 1. The maximum absolute atomic E-state index is 4.69. The Morgan fingerprint density at radius 3 is 2.73 bits per heavy atom. The third kappa shape index (κ3) is 5.37. The summed E-state index contributed by atoms with van der Waals surface area (Å²) < 4.78 is 0. The minimum absolute atomic E-state index is 0.573. The molecule has 0 spiro atoms. The van der Waals surface area contributed by atoms with Crippen molar-refractivity contribution < 1.29 is 0 Å². The largest absolute Gasteiger partial charge is 0.357 e. The van der Waals surface area contributed by atoms with Crippen LogP contribution in [0.25, 0.3) is 11.3 Å². The van der Waals surface area contributed by atoms with E-state index in [2.05, 4.69) is 52.0 Å². The van der Waals surface area contributed by atoms with Crippen LogP contribution in [0, 0.1) is 6.92 Å². The average Bonchev–Trinajstić information content (AvgIpc) is 3.29. The first kappa shape index (κ1) is 18.5. The van der Waals surface area contributed by atoms with Crippen molar-refractivity contribution in [3.8, 4) is 11.3 Å². The van der Waals surface area contributed by atoms with Gasteiger partial charge in [0.05, 0.1) is 17.2 Å². The normalized spacial score (nSPS) is 11.5. The molecule has 0 atom stereocenters. The lowest BCUT2D eigenvalue weighted by atomic mass is 10.2. The van der Waals surface area contributed by atoms with Crippen LogP contribution in [0.4, 0.5) is 0 Å². The molecule has 3 rings (SSSR count). The van der Waals surface area contributed by atoms with Crippen LogP contribution < -0.4 is 10.6 Å². The van der Waals surface area contributed by atoms with E-state index in [1.807, 2.05) is 24.4 Å². The zero-order chi connectivity index (χ0) is 18.2. The van der Waals surface area contributed by atoms with Crippen molar-refractivity contribution in [3.63, 3.8) is 0 Å². The molecule has 0 saturated heterocycles. The molecule has 2 aromatic heterocycles. The van der Waals surface area contributed by atoms with Gasteiger partial charge in [-0.1, -0.05) is 30.3 Å². The second-order valence-corrected chi connectivity index (χ2v) is 7.99. The molecule has 0 saturated carbocycles. The van der Waals surface area contributed by atoms with Crippen molar-refractivity contribution in [2.24, 2.45) is 4.99 Å². The Kier molecular flexibility index (Phi) is 6.74. The molecule has 1 aromatic carbocycles. The van der Waals surface area contributed by atoms with Gasteiger partial charge >= 0.3 is 0 Å². The monoisotopic (exact) mass is 385 g/mol. The molecule has 0 fully saturated rings. The maximum Gasteiger partial charge on any atom is 0.191 e. The van der Waals surface area contributed by atoms with Crippen molar-refractivity contribution in [2.45, 2.75) is 26.8 Å². The number of aliphatic imine (C=N–C) groups is 1. The highest BCUT2D eigenvalue weighted by Crippen LogP contribution is 2.21. The Balaban J connectivity index is 1.56. The molecule has 0 unspecified atom stereocenters. The molecule has 0 bridgehead atoms. The van der Waals surface area contributed by atoms with Crippen molar-refractivity contribution in [1.82, 2.24) is 20.6 Å². The van der Waals surface area contributed by atoms with Crippen LogP contribution in [0.15, 0.2) is 46.9 Å². The summed E-state index contributed by atoms with van der Waals surface area (Å²) in [5, 5.41) is 10.9. The second-order valence-electron chi connectivity index (χ2n) is 5.73. The van der Waals surface area contributed by atoms with Gasteiger partial charge in [-0.25, -0.2) is 15.0 Å². The van der Waals surface area contributed by atoms with Gasteiger partial charge in [0.15, 0.2) is 5.96 Å². The van der Waals surface area contributed by atoms with Gasteiger partial charge in [-0.15, -0.1) is 22.7 Å². The van der Waals surface area contributed by atoms with Crippen LogP contribution in [0.5, 0.6) is 0 Å². The molecule has 26 heavy (non-hydrogen) atoms. The number of hydrogen-bond acceptors (Lipinski definition) is 5. The molecule has 0 aliphatic heterocycles. The summed E-state index contributed by atoms with van der Waals surface area (Å²) >= 11 is 3.39. The second kappa shape index (κ2) is 9.45. The maximum atomic E-state index is 4.69. The van der Waals surface area contributed by atoms with Crippen LogP contribution in [0.3, 0.4) is 0 Å². The predicted molar refractivity (Wildman–Crippen MR) is 111 cm³/mol. The van der Waals surface area contributed by atoms with Crippen LogP contribution in [-0.2, 0) is 13.0 Å². The summed E-state index contributed by atoms with van der Waals surface area (Å²) in [6.45, 7) is 6.36. The first-order valence-corrected chi connectivity index (χ1v) is 10.4. The van der Waals surface area contributed by atoms with E-state index in [0.717, 1.165) is 46.7 Å². The molecule has 5 nitrogen and oxygen atoms in total. The van der Waals surface area contributed by atoms with Crippen molar-refractivity contribution >= 4 is 28.6 Å². The van der Waals surface area contributed by atoms with Crippen LogP contribution in [0.2, 0.25) is 0 Å². The summed E-state index contributed by atoms with van der Waals surface area (Å²) in [5.74, 6) is 0.817. The number of thiazole rings is 2. The van der Waals surface area contributed by atoms with Crippen LogP contribution in [0.1, 0.15) is 21.8 Å². The molecule has 3 aromatic rings. The first-order valence-electron chi connectivity index (χ1n) is 8.68. The van der Waals surface area contributed by atoms with E-state index in [0.29, 0.717) is 6.54 Å². The van der Waals surface area contributed by atoms with E-state index in [1.165, 1.54) is 4.88 Å². The van der Waals surface area contributed by atoms with Gasteiger partial charge in [-0.05, 0) is 13.8 Å². The number of rotatable bonds is 7. The first-order chi connectivity index (χ1) is 12.7. The molecule has 2 heterocycles. The lowest BCUT2D eigenvalue weighted by molar-refractivity contribution is 0.796. The third-order valence-electron chi connectivity index (χ3n) is 3.64. The lowest BCUT2D eigenvalue weighted by Crippen LogP contribution is -2.38. The Hall–Kier alpha value is -2.25. The van der Waals surface area contributed by atoms with Gasteiger partial charge in [-0.2, -0.15) is 0 Å². The van der Waals surface area contributed by atoms with E-state index < -0.39 is 0 Å². The van der Waals surface area contributed by atoms with E-state index in [9.17, 15) is 0 Å². The van der Waals surface area contributed by atoms with Crippen molar-refractivity contribution in [3.05, 3.63) is 56.8 Å². The summed E-state index contributed by atoms with van der Waals surface area (Å²) in [6.07, 6.45) is 2.82. The summed E-state index contributed by atoms with van der Waals surface area (Å²) in [6, 6.07) is 10.2. The Morgan fingerprint density at radius 1 is 1.15 bits per heavy atom. The summed E-state index contributed by atoms with van der Waals surface area (Å²) in [7, 11) is 0. The molecule has 0 radical (unpaired) electrons. The van der Waals surface area contributed by atoms with Crippen LogP contribution >= 0.6 is 22.7 Å². The van der Waals surface area contributed by atoms with E-state index in [1.54, 1.807) is 22.7 Å². The Bertz CT molecular complexity index is 839. The fourth-order valence-electron chi connectivity index (χ4n) is 2.42. The molecule has 0 aliphatic rings. The van der Waals surface area contributed by atoms with Gasteiger partial charge in [0.25, 0.3) is 0 Å². The number of hydrogen-bond donors (Lipinski definition) is 2. The van der Waals surface area contributed by atoms with E-state index in [4.69, 9.17) is 4.98 Å². The zero-order valence-corrected chi connectivity index (χ0v) is 16.7. The highest BCUT2D eigenvalue weighted by molar-refractivity contribution is 7.11. The van der Waals surface area contributed by atoms with Gasteiger partial charge in [0, 0.05) is 41.5 Å². The number of aryl methyl sites for hydroxylation is 1. The number of aromatic nitrogens is 2. The van der Waals surface area contributed by atoms with Gasteiger partial charge < -0.3 is 10.6 Å². The molecular weight excluding hydrogens is 362 g/mol. The molecule has 2 N–H and O–H groups in total. The Labute approximate surface area is 162 Å². The lowest BCUT2D eigenvalue weighted by Gasteiger charge is -2.10.